The zero-order valence-corrected chi connectivity index (χ0v) is 9.64. The average molecular weight is 242 g/mol. The Morgan fingerprint density at radius 1 is 1.22 bits per heavy atom. The van der Waals surface area contributed by atoms with Crippen LogP contribution in [0.15, 0.2) is 59.0 Å². The molecule has 5 heteroatoms. The monoisotopic (exact) mass is 242 g/mol. The lowest BCUT2D eigenvalue weighted by Gasteiger charge is -2.01. The third-order valence-corrected chi connectivity index (χ3v) is 2.16. The lowest BCUT2D eigenvalue weighted by molar-refractivity contribution is -0.468. The van der Waals surface area contributed by atoms with Gasteiger partial charge in [-0.1, -0.05) is 12.1 Å². The summed E-state index contributed by atoms with van der Waals surface area (Å²) in [5, 5.41) is 0. The van der Waals surface area contributed by atoms with E-state index in [1.807, 2.05) is 18.2 Å². The van der Waals surface area contributed by atoms with Crippen LogP contribution in [0.4, 0.5) is 0 Å². The van der Waals surface area contributed by atoms with Crippen molar-refractivity contribution < 1.29 is 9.50 Å². The minimum atomic E-state index is 0.211. The fourth-order valence-electron chi connectivity index (χ4n) is 1.33. The SMILES string of the molecule is O=[N+]1/C=C\Oc2ccccc2C=NC=N/C=C\C1. The maximum Gasteiger partial charge on any atom is 0.256 e. The zero-order valence-electron chi connectivity index (χ0n) is 9.64. The Kier molecular flexibility index (Phi) is 4.13. The van der Waals surface area contributed by atoms with Crippen molar-refractivity contribution in [2.75, 3.05) is 6.54 Å². The zero-order chi connectivity index (χ0) is 12.6. The highest BCUT2D eigenvalue weighted by molar-refractivity contribution is 5.88. The van der Waals surface area contributed by atoms with Crippen LogP contribution in [0.2, 0.25) is 0 Å². The molecule has 0 spiro atoms. The van der Waals surface area contributed by atoms with Gasteiger partial charge in [-0.3, -0.25) is 0 Å². The minimum absolute atomic E-state index is 0.211. The van der Waals surface area contributed by atoms with E-state index in [0.717, 1.165) is 10.3 Å². The Bertz CT molecular complexity index is 545. The van der Waals surface area contributed by atoms with Crippen molar-refractivity contribution in [2.45, 2.75) is 0 Å². The summed E-state index contributed by atoms with van der Waals surface area (Å²) >= 11 is 0. The van der Waals surface area contributed by atoms with Crippen molar-refractivity contribution in [3.8, 4) is 5.75 Å². The van der Waals surface area contributed by atoms with Crippen LogP contribution in [0.5, 0.6) is 5.75 Å². The highest BCUT2D eigenvalue weighted by atomic mass is 16.5. The Balaban J connectivity index is 2.30. The molecule has 1 aliphatic heterocycles. The molecular weight excluding hydrogens is 230 g/mol. The van der Waals surface area contributed by atoms with Gasteiger partial charge in [0.05, 0.1) is 0 Å². The number of benzene rings is 1. The summed E-state index contributed by atoms with van der Waals surface area (Å²) in [4.78, 5) is 19.3. The minimum Gasteiger partial charge on any atom is -0.458 e. The molecule has 18 heavy (non-hydrogen) atoms. The van der Waals surface area contributed by atoms with E-state index in [4.69, 9.17) is 4.74 Å². The maximum atomic E-state index is 11.3. The van der Waals surface area contributed by atoms with Crippen LogP contribution in [-0.2, 0) is 0 Å². The molecule has 90 valence electrons. The molecule has 0 aliphatic carbocycles. The molecule has 0 unspecified atom stereocenters. The summed E-state index contributed by atoms with van der Waals surface area (Å²) in [5.41, 5.74) is 0.814. The molecule has 0 aromatic heterocycles. The van der Waals surface area contributed by atoms with Crippen molar-refractivity contribution in [3.63, 3.8) is 0 Å². The number of aliphatic imine (C=N–C) groups is 2. The van der Waals surface area contributed by atoms with Crippen molar-refractivity contribution in [1.29, 1.82) is 0 Å². The molecule has 0 fully saturated rings. The van der Waals surface area contributed by atoms with Crippen LogP contribution in [-0.4, -0.2) is 23.9 Å². The summed E-state index contributed by atoms with van der Waals surface area (Å²) in [6.07, 6.45) is 8.89. The standard InChI is InChI=1S/C13H12N3O2/c17-16-7-3-6-14-11-15-10-12-4-1-2-5-13(12)18-9-8-16/h1-6,8-11H,7H2/q+1/b6-3-,9-8-,14-11?,15-10?. The first-order valence-corrected chi connectivity index (χ1v) is 5.42. The number of nitrogens with zero attached hydrogens (tertiary/aromatic N) is 3. The van der Waals surface area contributed by atoms with E-state index in [0.29, 0.717) is 5.75 Å². The van der Waals surface area contributed by atoms with Gasteiger partial charge in [-0.05, 0) is 12.1 Å². The molecule has 1 aromatic rings. The van der Waals surface area contributed by atoms with Crippen LogP contribution in [0.3, 0.4) is 0 Å². The van der Waals surface area contributed by atoms with Gasteiger partial charge in [0.1, 0.15) is 12.1 Å². The fourth-order valence-corrected chi connectivity index (χ4v) is 1.33. The normalized spacial score (nSPS) is 18.8. The molecule has 1 heterocycles. The Hall–Kier alpha value is -2.56. The second kappa shape index (κ2) is 6.24. The Morgan fingerprint density at radius 3 is 3.06 bits per heavy atom. The quantitative estimate of drug-likeness (QED) is 0.655. The van der Waals surface area contributed by atoms with Gasteiger partial charge in [0, 0.05) is 33.7 Å². The van der Waals surface area contributed by atoms with Crippen molar-refractivity contribution >= 4 is 12.6 Å². The maximum absolute atomic E-state index is 11.3. The molecule has 0 radical (unpaired) electrons. The lowest BCUT2D eigenvalue weighted by atomic mass is 10.2. The summed E-state index contributed by atoms with van der Waals surface area (Å²) < 4.78 is 6.13. The van der Waals surface area contributed by atoms with Crippen molar-refractivity contribution in [1.82, 2.24) is 0 Å². The van der Waals surface area contributed by atoms with Gasteiger partial charge in [0.2, 0.25) is 6.54 Å². The first kappa shape index (κ1) is 11.9. The molecule has 0 saturated heterocycles. The molecule has 5 nitrogen and oxygen atoms in total. The highest BCUT2D eigenvalue weighted by Crippen LogP contribution is 2.16. The van der Waals surface area contributed by atoms with Gasteiger partial charge >= 0.3 is 0 Å². The van der Waals surface area contributed by atoms with Gasteiger partial charge in [-0.25, -0.2) is 9.98 Å². The predicted molar refractivity (Wildman–Crippen MR) is 69.9 cm³/mol. The second-order valence-electron chi connectivity index (χ2n) is 3.47. The van der Waals surface area contributed by atoms with E-state index < -0.39 is 0 Å². The predicted octanol–water partition coefficient (Wildman–Crippen LogP) is 2.29. The number of para-hydroxylation sites is 1. The van der Waals surface area contributed by atoms with Gasteiger partial charge in [-0.15, -0.1) is 0 Å². The molecular formula is C13H12N3O2+. The number of rotatable bonds is 0. The topological polar surface area (TPSA) is 54.0 Å². The smallest absolute Gasteiger partial charge is 0.256 e. The molecule has 0 amide bonds. The summed E-state index contributed by atoms with van der Waals surface area (Å²) in [6.45, 7) is 0.211. The number of ether oxygens (including phenoxy) is 1. The van der Waals surface area contributed by atoms with E-state index in [9.17, 15) is 4.91 Å². The number of hydrogen-bond acceptors (Lipinski definition) is 4. The summed E-state index contributed by atoms with van der Waals surface area (Å²) in [6, 6.07) is 7.40. The van der Waals surface area contributed by atoms with Crippen LogP contribution in [0.1, 0.15) is 5.56 Å². The van der Waals surface area contributed by atoms with Crippen LogP contribution in [0.25, 0.3) is 0 Å². The molecule has 1 aliphatic rings. The largest absolute Gasteiger partial charge is 0.458 e. The van der Waals surface area contributed by atoms with Crippen LogP contribution in [0, 0.1) is 4.91 Å². The van der Waals surface area contributed by atoms with Gasteiger partial charge in [-0.2, -0.15) is 0 Å². The molecule has 0 N–H and O–H groups in total. The third kappa shape index (κ3) is 3.48. The van der Waals surface area contributed by atoms with E-state index in [-0.39, 0.29) is 6.54 Å². The fraction of sp³-hybridized carbons (Fsp3) is 0.0769. The molecule has 2 rings (SSSR count). The first-order chi connectivity index (χ1) is 8.86. The summed E-state index contributed by atoms with van der Waals surface area (Å²) in [5.74, 6) is 0.631. The lowest BCUT2D eigenvalue weighted by Crippen LogP contribution is -1.99. The Labute approximate surface area is 104 Å². The van der Waals surface area contributed by atoms with Crippen molar-refractivity contribution in [2.24, 2.45) is 9.98 Å². The first-order valence-electron chi connectivity index (χ1n) is 5.42. The highest BCUT2D eigenvalue weighted by Gasteiger charge is 2.02. The van der Waals surface area contributed by atoms with Gasteiger partial charge in [0.25, 0.3) is 6.20 Å². The van der Waals surface area contributed by atoms with Crippen molar-refractivity contribution in [3.05, 3.63) is 59.5 Å². The molecule has 1 aromatic carbocycles. The molecule has 0 atom stereocenters. The summed E-state index contributed by atoms with van der Waals surface area (Å²) in [7, 11) is 0. The third-order valence-electron chi connectivity index (χ3n) is 2.16. The average Bonchev–Trinajstić information content (AvgIpc) is 2.40. The molecule has 0 saturated carbocycles. The van der Waals surface area contributed by atoms with Gasteiger partial charge in [0.15, 0.2) is 6.26 Å². The second-order valence-corrected chi connectivity index (χ2v) is 3.47. The van der Waals surface area contributed by atoms with E-state index in [1.165, 1.54) is 25.0 Å². The number of nitroso groups, excluding NO2 is 1. The van der Waals surface area contributed by atoms with E-state index in [1.54, 1.807) is 18.4 Å². The number of fused-ring (bicyclic) bond motifs is 1. The van der Waals surface area contributed by atoms with Crippen LogP contribution >= 0.6 is 0 Å². The van der Waals surface area contributed by atoms with E-state index >= 15 is 0 Å². The van der Waals surface area contributed by atoms with E-state index in [2.05, 4.69) is 9.98 Å². The Morgan fingerprint density at radius 2 is 2.11 bits per heavy atom. The number of hydrogen-bond donors (Lipinski definition) is 0. The molecule has 0 bridgehead atoms. The van der Waals surface area contributed by atoms with Crippen LogP contribution < -0.4 is 4.74 Å². The van der Waals surface area contributed by atoms with Gasteiger partial charge < -0.3 is 4.74 Å².